The molecule has 0 aromatic rings. The summed E-state index contributed by atoms with van der Waals surface area (Å²) < 4.78 is 15.8. The fourth-order valence-corrected chi connectivity index (χ4v) is 1.60. The van der Waals surface area contributed by atoms with Crippen LogP contribution in [-0.4, -0.2) is 41.1 Å². The summed E-state index contributed by atoms with van der Waals surface area (Å²) in [6.45, 7) is 7.52. The van der Waals surface area contributed by atoms with Gasteiger partial charge in [0.1, 0.15) is 0 Å². The van der Waals surface area contributed by atoms with Crippen LogP contribution in [-0.2, 0) is 14.2 Å². The van der Waals surface area contributed by atoms with Crippen LogP contribution in [0.15, 0.2) is 0 Å². The minimum atomic E-state index is -0.849. The van der Waals surface area contributed by atoms with E-state index in [4.69, 9.17) is 14.2 Å². The van der Waals surface area contributed by atoms with Crippen molar-refractivity contribution in [3.8, 4) is 0 Å². The second-order valence-electron chi connectivity index (χ2n) is 1.86. The topological polar surface area (TPSA) is 27.7 Å². The van der Waals surface area contributed by atoms with Gasteiger partial charge in [-0.05, 0) is 0 Å². The molecule has 0 aromatic carbocycles. The summed E-state index contributed by atoms with van der Waals surface area (Å²) in [5, 5.41) is 0. The van der Waals surface area contributed by atoms with Gasteiger partial charge >= 0.3 is 76.1 Å². The number of ether oxygens (including phenoxy) is 3. The molecule has 0 aliphatic rings. The Hall–Kier alpha value is 0.423. The van der Waals surface area contributed by atoms with E-state index in [0.717, 1.165) is 0 Å². The fraction of sp³-hybridized carbons (Fsp3) is 1.00. The van der Waals surface area contributed by atoms with Crippen LogP contribution in [0.25, 0.3) is 0 Å². The molecule has 0 heterocycles. The molecule has 4 heteroatoms. The SMILES string of the molecule is CCO[C]([Ge])(OCC)OCC. The molecule has 3 nitrogen and oxygen atoms in total. The molecule has 0 spiro atoms. The molecule has 0 aromatic heterocycles. The molecule has 0 amide bonds. The van der Waals surface area contributed by atoms with E-state index in [1.165, 1.54) is 0 Å². The quantitative estimate of drug-likeness (QED) is 0.491. The average Bonchev–Trinajstić information content (AvgIpc) is 1.88. The van der Waals surface area contributed by atoms with Gasteiger partial charge in [0.25, 0.3) is 0 Å². The summed E-state index contributed by atoms with van der Waals surface area (Å²) in [4.78, 5) is -0.849. The molecule has 0 saturated carbocycles. The Morgan fingerprint density at radius 1 is 0.909 bits per heavy atom. The normalized spacial score (nSPS) is 12.0. The molecule has 0 bridgehead atoms. The van der Waals surface area contributed by atoms with Crippen LogP contribution >= 0.6 is 0 Å². The number of hydrogen-bond acceptors (Lipinski definition) is 3. The first-order chi connectivity index (χ1) is 5.18. The van der Waals surface area contributed by atoms with E-state index in [-0.39, 0.29) is 0 Å². The van der Waals surface area contributed by atoms with E-state index in [0.29, 0.717) is 19.8 Å². The molecule has 11 heavy (non-hydrogen) atoms. The summed E-state index contributed by atoms with van der Waals surface area (Å²) >= 11 is 1.78. The van der Waals surface area contributed by atoms with Gasteiger partial charge in [-0.2, -0.15) is 0 Å². The van der Waals surface area contributed by atoms with Gasteiger partial charge in [-0.3, -0.25) is 0 Å². The Morgan fingerprint density at radius 3 is 1.36 bits per heavy atom. The molecular formula is C7H15GeO3. The van der Waals surface area contributed by atoms with Crippen molar-refractivity contribution in [3.05, 3.63) is 0 Å². The summed E-state index contributed by atoms with van der Waals surface area (Å²) in [5.74, 6) is 0. The number of rotatable bonds is 6. The van der Waals surface area contributed by atoms with Crippen LogP contribution < -0.4 is 0 Å². The molecule has 0 rings (SSSR count). The molecular weight excluding hydrogens is 205 g/mol. The van der Waals surface area contributed by atoms with Gasteiger partial charge in [0.15, 0.2) is 0 Å². The summed E-state index contributed by atoms with van der Waals surface area (Å²) in [7, 11) is 0. The third-order valence-electron chi connectivity index (χ3n) is 1.00. The van der Waals surface area contributed by atoms with Crippen molar-refractivity contribution in [2.45, 2.75) is 25.6 Å². The molecule has 0 fully saturated rings. The molecule has 0 N–H and O–H groups in total. The van der Waals surface area contributed by atoms with Gasteiger partial charge in [-0.25, -0.2) is 0 Å². The number of hydrogen-bond donors (Lipinski definition) is 0. The van der Waals surface area contributed by atoms with Gasteiger partial charge < -0.3 is 0 Å². The molecule has 0 aliphatic heterocycles. The Labute approximate surface area is 76.6 Å². The van der Waals surface area contributed by atoms with Crippen molar-refractivity contribution >= 4 is 16.5 Å². The standard InChI is InChI=1S/C7H15GeO3/c1-4-9-7(8,10-5-2)11-6-3/h4-6H2,1-3H3. The van der Waals surface area contributed by atoms with Crippen LogP contribution in [0.2, 0.25) is 0 Å². The van der Waals surface area contributed by atoms with Gasteiger partial charge in [-0.1, -0.05) is 0 Å². The molecule has 0 unspecified atom stereocenters. The maximum atomic E-state index is 5.27. The van der Waals surface area contributed by atoms with Crippen LogP contribution in [0.5, 0.6) is 0 Å². The molecule has 0 atom stereocenters. The van der Waals surface area contributed by atoms with E-state index >= 15 is 0 Å². The zero-order valence-electron chi connectivity index (χ0n) is 7.35. The summed E-state index contributed by atoms with van der Waals surface area (Å²) in [6.07, 6.45) is 0. The van der Waals surface area contributed by atoms with Crippen LogP contribution in [0, 0.1) is 0 Å². The fourth-order valence-electron chi connectivity index (χ4n) is 0.695. The maximum absolute atomic E-state index is 5.27. The van der Waals surface area contributed by atoms with Gasteiger partial charge in [0.05, 0.1) is 0 Å². The van der Waals surface area contributed by atoms with E-state index in [9.17, 15) is 0 Å². The zero-order chi connectivity index (χ0) is 8.74. The summed E-state index contributed by atoms with van der Waals surface area (Å²) in [6, 6.07) is 0. The Bertz CT molecular complexity index is 80.7. The van der Waals surface area contributed by atoms with E-state index in [1.54, 1.807) is 16.5 Å². The van der Waals surface area contributed by atoms with Crippen molar-refractivity contribution in [1.82, 2.24) is 0 Å². The predicted molar refractivity (Wildman–Crippen MR) is 43.4 cm³/mol. The zero-order valence-corrected chi connectivity index (χ0v) is 9.44. The third-order valence-corrected chi connectivity index (χ3v) is 1.91. The van der Waals surface area contributed by atoms with Crippen molar-refractivity contribution in [3.63, 3.8) is 0 Å². The van der Waals surface area contributed by atoms with Gasteiger partial charge in [0, 0.05) is 0 Å². The van der Waals surface area contributed by atoms with E-state index in [1.807, 2.05) is 20.8 Å². The van der Waals surface area contributed by atoms with Crippen molar-refractivity contribution in [2.75, 3.05) is 19.8 Å². The first-order valence-electron chi connectivity index (χ1n) is 3.85. The average molecular weight is 220 g/mol. The Morgan fingerprint density at radius 2 is 1.18 bits per heavy atom. The Kier molecular flexibility index (Phi) is 6.23. The van der Waals surface area contributed by atoms with Gasteiger partial charge in [0.2, 0.25) is 0 Å². The van der Waals surface area contributed by atoms with E-state index < -0.39 is 4.81 Å². The predicted octanol–water partition coefficient (Wildman–Crippen LogP) is 0.876. The molecule has 65 valence electrons. The second kappa shape index (κ2) is 6.00. The molecule has 0 aliphatic carbocycles. The van der Waals surface area contributed by atoms with Crippen molar-refractivity contribution < 1.29 is 14.2 Å². The molecule has 3 radical (unpaired) electrons. The first kappa shape index (κ1) is 11.4. The third kappa shape index (κ3) is 4.79. The van der Waals surface area contributed by atoms with E-state index in [2.05, 4.69) is 0 Å². The van der Waals surface area contributed by atoms with Crippen molar-refractivity contribution in [2.24, 2.45) is 0 Å². The Balaban J connectivity index is 3.79. The van der Waals surface area contributed by atoms with Crippen LogP contribution in [0.4, 0.5) is 0 Å². The summed E-state index contributed by atoms with van der Waals surface area (Å²) in [5.41, 5.74) is 0. The minimum absolute atomic E-state index is 0.594. The molecule has 0 saturated heterocycles. The first-order valence-corrected chi connectivity index (χ1v) is 4.90. The van der Waals surface area contributed by atoms with Crippen LogP contribution in [0.3, 0.4) is 0 Å². The monoisotopic (exact) mass is 221 g/mol. The van der Waals surface area contributed by atoms with Gasteiger partial charge in [-0.15, -0.1) is 0 Å². The van der Waals surface area contributed by atoms with Crippen molar-refractivity contribution in [1.29, 1.82) is 0 Å². The van der Waals surface area contributed by atoms with Crippen LogP contribution in [0.1, 0.15) is 20.8 Å². The second-order valence-corrected chi connectivity index (χ2v) is 3.14.